The molecule has 0 fully saturated rings. The number of aliphatic hydroxyl groups excluding tert-OH is 1. The van der Waals surface area contributed by atoms with Gasteiger partial charge in [-0.1, -0.05) is 6.92 Å². The summed E-state index contributed by atoms with van der Waals surface area (Å²) in [4.78, 5) is 0. The van der Waals surface area contributed by atoms with Crippen molar-refractivity contribution < 1.29 is 13.9 Å². The Morgan fingerprint density at radius 3 is 2.64 bits per heavy atom. The first-order chi connectivity index (χ1) is 6.56. The standard InChI is InChI=1S/C10H11BrF2O/c1-6(5-14)4-7-9(12)3-2-8(11)10(7)13/h2-3,6,14H,4-5H2,1H3. The second-order valence-corrected chi connectivity index (χ2v) is 4.17. The van der Waals surface area contributed by atoms with Crippen LogP contribution in [0.3, 0.4) is 0 Å². The van der Waals surface area contributed by atoms with Gasteiger partial charge >= 0.3 is 0 Å². The normalized spacial score (nSPS) is 12.9. The van der Waals surface area contributed by atoms with E-state index in [1.165, 1.54) is 12.1 Å². The van der Waals surface area contributed by atoms with Crippen LogP contribution in [0, 0.1) is 17.6 Å². The average molecular weight is 265 g/mol. The molecule has 4 heteroatoms. The Hall–Kier alpha value is -0.480. The molecule has 1 aromatic rings. The lowest BCUT2D eigenvalue weighted by Gasteiger charge is -2.10. The molecule has 1 aromatic carbocycles. The molecular weight excluding hydrogens is 254 g/mol. The van der Waals surface area contributed by atoms with Crippen LogP contribution in [0.1, 0.15) is 12.5 Å². The maximum absolute atomic E-state index is 13.4. The van der Waals surface area contributed by atoms with Gasteiger partial charge in [0.1, 0.15) is 11.6 Å². The van der Waals surface area contributed by atoms with Gasteiger partial charge in [0.05, 0.1) is 4.47 Å². The molecule has 1 rings (SSSR count). The van der Waals surface area contributed by atoms with E-state index in [9.17, 15) is 8.78 Å². The van der Waals surface area contributed by atoms with Gasteiger partial charge in [-0.25, -0.2) is 8.78 Å². The van der Waals surface area contributed by atoms with Gasteiger partial charge < -0.3 is 5.11 Å². The lowest BCUT2D eigenvalue weighted by atomic mass is 10.0. The second kappa shape index (κ2) is 4.84. The van der Waals surface area contributed by atoms with Crippen LogP contribution < -0.4 is 0 Å². The Labute approximate surface area is 89.9 Å². The Morgan fingerprint density at radius 1 is 1.43 bits per heavy atom. The van der Waals surface area contributed by atoms with Crippen LogP contribution in [-0.2, 0) is 6.42 Å². The van der Waals surface area contributed by atoms with Crippen molar-refractivity contribution in [3.8, 4) is 0 Å². The minimum absolute atomic E-state index is 0.0286. The minimum Gasteiger partial charge on any atom is -0.396 e. The molecule has 0 amide bonds. The van der Waals surface area contributed by atoms with Crippen LogP contribution in [0.5, 0.6) is 0 Å². The number of hydrogen-bond acceptors (Lipinski definition) is 1. The van der Waals surface area contributed by atoms with Crippen molar-refractivity contribution in [3.05, 3.63) is 33.8 Å². The summed E-state index contributed by atoms with van der Waals surface area (Å²) in [6.07, 6.45) is 0.202. The van der Waals surface area contributed by atoms with Crippen LogP contribution in [0.2, 0.25) is 0 Å². The molecule has 0 aliphatic heterocycles. The molecule has 1 atom stereocenters. The molecule has 0 aliphatic rings. The Morgan fingerprint density at radius 2 is 2.07 bits per heavy atom. The first kappa shape index (κ1) is 11.6. The summed E-state index contributed by atoms with van der Waals surface area (Å²) in [5, 5.41) is 8.79. The summed E-state index contributed by atoms with van der Waals surface area (Å²) < 4.78 is 26.8. The molecule has 1 nitrogen and oxygen atoms in total. The second-order valence-electron chi connectivity index (χ2n) is 3.31. The monoisotopic (exact) mass is 264 g/mol. The zero-order valence-electron chi connectivity index (χ0n) is 7.73. The number of aliphatic hydroxyl groups is 1. The maximum atomic E-state index is 13.4. The molecule has 0 spiro atoms. The molecule has 0 aromatic heterocycles. The van der Waals surface area contributed by atoms with Crippen LogP contribution in [0.15, 0.2) is 16.6 Å². The van der Waals surface area contributed by atoms with E-state index in [-0.39, 0.29) is 29.0 Å². The van der Waals surface area contributed by atoms with Crippen molar-refractivity contribution in [1.82, 2.24) is 0 Å². The van der Waals surface area contributed by atoms with Gasteiger partial charge in [0.25, 0.3) is 0 Å². The predicted molar refractivity (Wildman–Crippen MR) is 54.0 cm³/mol. The molecule has 0 radical (unpaired) electrons. The molecule has 0 saturated heterocycles. The van der Waals surface area contributed by atoms with Crippen molar-refractivity contribution in [2.24, 2.45) is 5.92 Å². The summed E-state index contributed by atoms with van der Waals surface area (Å²) in [5.41, 5.74) is 0.0286. The fourth-order valence-electron chi connectivity index (χ4n) is 1.17. The van der Waals surface area contributed by atoms with E-state index in [1.807, 2.05) is 0 Å². The minimum atomic E-state index is -0.578. The number of rotatable bonds is 3. The highest BCUT2D eigenvalue weighted by Gasteiger charge is 2.14. The van der Waals surface area contributed by atoms with Crippen molar-refractivity contribution in [2.75, 3.05) is 6.61 Å². The van der Waals surface area contributed by atoms with Crippen molar-refractivity contribution >= 4 is 15.9 Å². The molecule has 0 bridgehead atoms. The average Bonchev–Trinajstić information content (AvgIpc) is 2.18. The molecule has 0 saturated carbocycles. The van der Waals surface area contributed by atoms with Crippen LogP contribution >= 0.6 is 15.9 Å². The lowest BCUT2D eigenvalue weighted by Crippen LogP contribution is -2.08. The van der Waals surface area contributed by atoms with E-state index in [2.05, 4.69) is 15.9 Å². The molecule has 0 aliphatic carbocycles. The van der Waals surface area contributed by atoms with Crippen LogP contribution in [0.4, 0.5) is 8.78 Å². The van der Waals surface area contributed by atoms with Gasteiger partial charge in [-0.05, 0) is 40.4 Å². The molecular formula is C10H11BrF2O. The number of hydrogen-bond donors (Lipinski definition) is 1. The van der Waals surface area contributed by atoms with E-state index in [4.69, 9.17) is 5.11 Å². The molecule has 0 heterocycles. The largest absolute Gasteiger partial charge is 0.396 e. The molecule has 1 N–H and O–H groups in total. The van der Waals surface area contributed by atoms with Gasteiger partial charge in [-0.15, -0.1) is 0 Å². The third-order valence-corrected chi connectivity index (χ3v) is 2.62. The summed E-state index contributed by atoms with van der Waals surface area (Å²) in [7, 11) is 0. The summed E-state index contributed by atoms with van der Waals surface area (Å²) >= 11 is 2.99. The number of halogens is 3. The highest BCUT2D eigenvalue weighted by molar-refractivity contribution is 9.10. The topological polar surface area (TPSA) is 20.2 Å². The summed E-state index contributed by atoms with van der Waals surface area (Å²) in [5.74, 6) is -1.29. The Kier molecular flexibility index (Phi) is 4.01. The van der Waals surface area contributed by atoms with Crippen molar-refractivity contribution in [1.29, 1.82) is 0 Å². The summed E-state index contributed by atoms with van der Waals surface area (Å²) in [6.45, 7) is 1.66. The third kappa shape index (κ3) is 2.51. The van der Waals surface area contributed by atoms with E-state index in [1.54, 1.807) is 6.92 Å². The van der Waals surface area contributed by atoms with Crippen LogP contribution in [0.25, 0.3) is 0 Å². The molecule has 1 unspecified atom stereocenters. The lowest BCUT2D eigenvalue weighted by molar-refractivity contribution is 0.235. The van der Waals surface area contributed by atoms with Crippen molar-refractivity contribution in [3.63, 3.8) is 0 Å². The van der Waals surface area contributed by atoms with Gasteiger partial charge in [-0.2, -0.15) is 0 Å². The van der Waals surface area contributed by atoms with E-state index >= 15 is 0 Å². The van der Waals surface area contributed by atoms with Gasteiger partial charge in [0.15, 0.2) is 0 Å². The molecule has 78 valence electrons. The van der Waals surface area contributed by atoms with Crippen molar-refractivity contribution in [2.45, 2.75) is 13.3 Å². The fraction of sp³-hybridized carbons (Fsp3) is 0.400. The predicted octanol–water partition coefficient (Wildman–Crippen LogP) is 2.90. The van der Waals surface area contributed by atoms with E-state index in [0.29, 0.717) is 0 Å². The smallest absolute Gasteiger partial charge is 0.143 e. The Bertz CT molecular complexity index is 328. The van der Waals surface area contributed by atoms with Gasteiger partial charge in [0, 0.05) is 12.2 Å². The van der Waals surface area contributed by atoms with Crippen LogP contribution in [-0.4, -0.2) is 11.7 Å². The molecule has 14 heavy (non-hydrogen) atoms. The van der Waals surface area contributed by atoms with Gasteiger partial charge in [0.2, 0.25) is 0 Å². The van der Waals surface area contributed by atoms with E-state index < -0.39 is 11.6 Å². The fourth-order valence-corrected chi connectivity index (χ4v) is 1.54. The zero-order chi connectivity index (χ0) is 10.7. The highest BCUT2D eigenvalue weighted by atomic mass is 79.9. The quantitative estimate of drug-likeness (QED) is 0.833. The first-order valence-electron chi connectivity index (χ1n) is 4.29. The third-order valence-electron chi connectivity index (χ3n) is 2.00. The highest BCUT2D eigenvalue weighted by Crippen LogP contribution is 2.23. The first-order valence-corrected chi connectivity index (χ1v) is 5.08. The maximum Gasteiger partial charge on any atom is 0.143 e. The SMILES string of the molecule is CC(CO)Cc1c(F)ccc(Br)c1F. The van der Waals surface area contributed by atoms with E-state index in [0.717, 1.165) is 0 Å². The Balaban J connectivity index is 3.00. The number of benzene rings is 1. The zero-order valence-corrected chi connectivity index (χ0v) is 9.31. The van der Waals surface area contributed by atoms with Gasteiger partial charge in [-0.3, -0.25) is 0 Å². The summed E-state index contributed by atoms with van der Waals surface area (Å²) in [6, 6.07) is 2.55.